The maximum Gasteiger partial charge on any atom is 0.0454 e. The third-order valence-electron chi connectivity index (χ3n) is 3.57. The van der Waals surface area contributed by atoms with E-state index < -0.39 is 0 Å². The van der Waals surface area contributed by atoms with E-state index in [0.29, 0.717) is 6.04 Å². The minimum absolute atomic E-state index is 0.321. The van der Waals surface area contributed by atoms with Crippen LogP contribution >= 0.6 is 0 Å². The molecule has 2 N–H and O–H groups in total. The van der Waals surface area contributed by atoms with Crippen molar-refractivity contribution in [1.82, 2.24) is 9.88 Å². The van der Waals surface area contributed by atoms with Crippen molar-refractivity contribution in [3.05, 3.63) is 28.6 Å². The topological polar surface area (TPSA) is 42.2 Å². The maximum absolute atomic E-state index is 5.97. The fraction of sp³-hybridized carbons (Fsp3) is 0.583. The van der Waals surface area contributed by atoms with Crippen molar-refractivity contribution in [2.24, 2.45) is 5.73 Å². The molecule has 80 valence electrons. The van der Waals surface area contributed by atoms with E-state index in [0.717, 1.165) is 32.4 Å². The van der Waals surface area contributed by atoms with Gasteiger partial charge in [-0.1, -0.05) is 0 Å². The van der Waals surface area contributed by atoms with E-state index in [1.807, 2.05) is 0 Å². The average molecular weight is 203 g/mol. The highest BCUT2D eigenvalue weighted by atomic mass is 15.1. The minimum atomic E-state index is 0.321. The highest BCUT2D eigenvalue weighted by Crippen LogP contribution is 2.30. The van der Waals surface area contributed by atoms with Crippen LogP contribution in [0.5, 0.6) is 0 Å². The van der Waals surface area contributed by atoms with Crippen LogP contribution in [0.1, 0.15) is 28.8 Å². The van der Waals surface area contributed by atoms with Gasteiger partial charge in [-0.15, -0.1) is 0 Å². The summed E-state index contributed by atoms with van der Waals surface area (Å²) in [5, 5.41) is 0. The smallest absolute Gasteiger partial charge is 0.0454 e. The molecule has 1 aromatic rings. The Kier molecular flexibility index (Phi) is 2.04. The number of rotatable bonds is 0. The molecule has 2 heterocycles. The highest BCUT2D eigenvalue weighted by Gasteiger charge is 2.25. The molecule has 1 atom stereocenters. The molecule has 1 aromatic heterocycles. The van der Waals surface area contributed by atoms with Gasteiger partial charge in [0.1, 0.15) is 0 Å². The van der Waals surface area contributed by atoms with Gasteiger partial charge < -0.3 is 5.73 Å². The lowest BCUT2D eigenvalue weighted by Crippen LogP contribution is -2.29. The largest absolute Gasteiger partial charge is 0.327 e. The second-order valence-electron chi connectivity index (χ2n) is 4.86. The average Bonchev–Trinajstić information content (AvgIpc) is 2.58. The summed E-state index contributed by atoms with van der Waals surface area (Å²) in [6.07, 6.45) is 5.26. The number of nitrogens with zero attached hydrogens (tertiary/aromatic N) is 2. The predicted octanol–water partition coefficient (Wildman–Crippen LogP) is 0.843. The Morgan fingerprint density at radius 2 is 2.27 bits per heavy atom. The van der Waals surface area contributed by atoms with Crippen LogP contribution in [0, 0.1) is 0 Å². The van der Waals surface area contributed by atoms with E-state index in [9.17, 15) is 0 Å². The van der Waals surface area contributed by atoms with Gasteiger partial charge in [-0.25, -0.2) is 0 Å². The van der Waals surface area contributed by atoms with E-state index in [2.05, 4.69) is 23.1 Å². The predicted molar refractivity (Wildman–Crippen MR) is 59.4 cm³/mol. The lowest BCUT2D eigenvalue weighted by Gasteiger charge is -2.22. The molecule has 0 saturated heterocycles. The molecule has 0 bridgehead atoms. The Morgan fingerprint density at radius 1 is 1.40 bits per heavy atom. The summed E-state index contributed by atoms with van der Waals surface area (Å²) in [7, 11) is 2.17. The molecule has 0 saturated carbocycles. The first-order valence-corrected chi connectivity index (χ1v) is 5.66. The van der Waals surface area contributed by atoms with Crippen LogP contribution in [0.4, 0.5) is 0 Å². The molecule has 3 rings (SSSR count). The van der Waals surface area contributed by atoms with E-state index >= 15 is 0 Å². The standard InChI is InChI=1S/C12H17N3/c1-15-6-8-5-14-12-4-9(13)2-3-10(12)11(8)7-15/h5,9H,2-4,6-7,13H2,1H3. The summed E-state index contributed by atoms with van der Waals surface area (Å²) in [4.78, 5) is 6.92. The molecule has 0 fully saturated rings. The van der Waals surface area contributed by atoms with Crippen molar-refractivity contribution < 1.29 is 0 Å². The quantitative estimate of drug-likeness (QED) is 0.679. The molecule has 3 nitrogen and oxygen atoms in total. The Morgan fingerprint density at radius 3 is 3.13 bits per heavy atom. The summed E-state index contributed by atoms with van der Waals surface area (Å²) in [6.45, 7) is 2.15. The lowest BCUT2D eigenvalue weighted by atomic mass is 9.88. The Hall–Kier alpha value is -0.930. The molecule has 0 radical (unpaired) electrons. The minimum Gasteiger partial charge on any atom is -0.327 e. The van der Waals surface area contributed by atoms with E-state index in [1.165, 1.54) is 22.4 Å². The maximum atomic E-state index is 5.97. The molecular formula is C12H17N3. The van der Waals surface area contributed by atoms with Crippen LogP contribution in [0.25, 0.3) is 0 Å². The van der Waals surface area contributed by atoms with Crippen molar-refractivity contribution in [1.29, 1.82) is 0 Å². The van der Waals surface area contributed by atoms with E-state index in [4.69, 9.17) is 5.73 Å². The second-order valence-corrected chi connectivity index (χ2v) is 4.86. The molecular weight excluding hydrogens is 186 g/mol. The monoisotopic (exact) mass is 203 g/mol. The zero-order chi connectivity index (χ0) is 10.4. The lowest BCUT2D eigenvalue weighted by molar-refractivity contribution is 0.352. The summed E-state index contributed by atoms with van der Waals surface area (Å²) in [6, 6.07) is 0.321. The van der Waals surface area contributed by atoms with Crippen LogP contribution in [0.3, 0.4) is 0 Å². The number of pyridine rings is 1. The van der Waals surface area contributed by atoms with Gasteiger partial charge in [0.25, 0.3) is 0 Å². The Bertz CT molecular complexity index is 400. The first kappa shape index (κ1) is 9.31. The highest BCUT2D eigenvalue weighted by molar-refractivity contribution is 5.40. The zero-order valence-electron chi connectivity index (χ0n) is 9.16. The summed E-state index contributed by atoms with van der Waals surface area (Å²) in [5.41, 5.74) is 11.7. The SMILES string of the molecule is CN1Cc2cnc3c(c2C1)CCC(N)C3. The third-order valence-corrected chi connectivity index (χ3v) is 3.57. The van der Waals surface area contributed by atoms with Crippen molar-refractivity contribution in [2.75, 3.05) is 7.05 Å². The molecule has 0 aromatic carbocycles. The van der Waals surface area contributed by atoms with E-state index in [-0.39, 0.29) is 0 Å². The number of hydrogen-bond donors (Lipinski definition) is 1. The first-order chi connectivity index (χ1) is 7.24. The fourth-order valence-corrected chi connectivity index (χ4v) is 2.78. The molecule has 1 unspecified atom stereocenters. The molecule has 1 aliphatic carbocycles. The van der Waals surface area contributed by atoms with Gasteiger partial charge in [-0.2, -0.15) is 0 Å². The molecule has 0 spiro atoms. The fourth-order valence-electron chi connectivity index (χ4n) is 2.78. The van der Waals surface area contributed by atoms with Crippen molar-refractivity contribution >= 4 is 0 Å². The normalized spacial score (nSPS) is 25.1. The van der Waals surface area contributed by atoms with Crippen LogP contribution < -0.4 is 5.73 Å². The Balaban J connectivity index is 2.06. The van der Waals surface area contributed by atoms with Crippen LogP contribution in [0.15, 0.2) is 6.20 Å². The van der Waals surface area contributed by atoms with Crippen LogP contribution in [-0.4, -0.2) is 23.0 Å². The van der Waals surface area contributed by atoms with Crippen molar-refractivity contribution in [3.63, 3.8) is 0 Å². The van der Waals surface area contributed by atoms with Gasteiger partial charge in [-0.05, 0) is 36.6 Å². The number of aromatic nitrogens is 1. The molecule has 0 amide bonds. The van der Waals surface area contributed by atoms with Gasteiger partial charge in [0.2, 0.25) is 0 Å². The number of fused-ring (bicyclic) bond motifs is 3. The molecule has 15 heavy (non-hydrogen) atoms. The second kappa shape index (κ2) is 3.29. The van der Waals surface area contributed by atoms with Crippen LogP contribution in [-0.2, 0) is 25.9 Å². The van der Waals surface area contributed by atoms with Crippen molar-refractivity contribution in [2.45, 2.75) is 38.4 Å². The molecule has 2 aliphatic rings. The first-order valence-electron chi connectivity index (χ1n) is 5.66. The van der Waals surface area contributed by atoms with Gasteiger partial charge >= 0.3 is 0 Å². The van der Waals surface area contributed by atoms with Gasteiger partial charge in [-0.3, -0.25) is 9.88 Å². The summed E-state index contributed by atoms with van der Waals surface area (Å²) in [5.74, 6) is 0. The molecule has 1 aliphatic heterocycles. The summed E-state index contributed by atoms with van der Waals surface area (Å²) < 4.78 is 0. The van der Waals surface area contributed by atoms with Gasteiger partial charge in [0, 0.05) is 37.4 Å². The van der Waals surface area contributed by atoms with Gasteiger partial charge in [0.15, 0.2) is 0 Å². The Labute approximate surface area is 90.3 Å². The number of hydrogen-bond acceptors (Lipinski definition) is 3. The zero-order valence-corrected chi connectivity index (χ0v) is 9.16. The summed E-state index contributed by atoms with van der Waals surface area (Å²) >= 11 is 0. The molecule has 3 heteroatoms. The van der Waals surface area contributed by atoms with E-state index in [1.54, 1.807) is 0 Å². The van der Waals surface area contributed by atoms with Crippen LogP contribution in [0.2, 0.25) is 0 Å². The van der Waals surface area contributed by atoms with Crippen molar-refractivity contribution in [3.8, 4) is 0 Å². The number of nitrogens with two attached hydrogens (primary N) is 1. The third kappa shape index (κ3) is 1.46. The van der Waals surface area contributed by atoms with Gasteiger partial charge in [0.05, 0.1) is 0 Å².